The van der Waals surface area contributed by atoms with Gasteiger partial charge in [0, 0.05) is 31.8 Å². The first-order chi connectivity index (χ1) is 17.6. The van der Waals surface area contributed by atoms with Crippen molar-refractivity contribution in [3.8, 4) is 0 Å². The zero-order valence-corrected chi connectivity index (χ0v) is 22.8. The number of rotatable bonds is 10. The van der Waals surface area contributed by atoms with Crippen LogP contribution in [0.5, 0.6) is 0 Å². The molecule has 2 aromatic carbocycles. The summed E-state index contributed by atoms with van der Waals surface area (Å²) in [5.41, 5.74) is 1.42. The summed E-state index contributed by atoms with van der Waals surface area (Å²) in [7, 11) is -2.13. The smallest absolute Gasteiger partial charge is 0.326 e. The number of hydrogen-bond donors (Lipinski definition) is 1. The maximum Gasteiger partial charge on any atom is 0.326 e. The van der Waals surface area contributed by atoms with Gasteiger partial charge in [-0.15, -0.1) is 0 Å². The van der Waals surface area contributed by atoms with E-state index in [1.165, 1.54) is 53.9 Å². The highest BCUT2D eigenvalue weighted by molar-refractivity contribution is 7.89. The van der Waals surface area contributed by atoms with Crippen LogP contribution >= 0.6 is 11.3 Å². The number of amides is 2. The van der Waals surface area contributed by atoms with Crippen LogP contribution < -0.4 is 10.1 Å². The molecule has 37 heavy (non-hydrogen) atoms. The highest BCUT2D eigenvalue weighted by Gasteiger charge is 2.21. The molecule has 0 bridgehead atoms. The largest absolute Gasteiger partial charge is 0.465 e. The molecule has 3 rings (SSSR count). The Morgan fingerprint density at radius 1 is 1.11 bits per heavy atom. The molecule has 3 aromatic rings. The quantitative estimate of drug-likeness (QED) is 0.389. The number of esters is 1. The fourth-order valence-electron chi connectivity index (χ4n) is 3.53. The Hall–Kier alpha value is -3.35. The lowest BCUT2D eigenvalue weighted by atomic mass is 10.2. The van der Waals surface area contributed by atoms with Crippen molar-refractivity contribution in [3.05, 3.63) is 52.8 Å². The number of thiazole rings is 1. The molecule has 0 fully saturated rings. The Morgan fingerprint density at radius 3 is 2.43 bits per heavy atom. The zero-order chi connectivity index (χ0) is 27.2. The number of ether oxygens (including phenoxy) is 1. The van der Waals surface area contributed by atoms with Gasteiger partial charge in [0.15, 0.2) is 4.80 Å². The second-order valence-corrected chi connectivity index (χ2v) is 11.3. The van der Waals surface area contributed by atoms with Crippen LogP contribution in [0.1, 0.15) is 44.0 Å². The summed E-state index contributed by atoms with van der Waals surface area (Å²) in [6, 6.07) is 10.8. The van der Waals surface area contributed by atoms with Crippen molar-refractivity contribution in [1.29, 1.82) is 0 Å². The van der Waals surface area contributed by atoms with Crippen LogP contribution in [-0.2, 0) is 30.9 Å². The van der Waals surface area contributed by atoms with E-state index in [-0.39, 0.29) is 34.3 Å². The first kappa shape index (κ1) is 28.2. The molecule has 0 spiro atoms. The van der Waals surface area contributed by atoms with Crippen molar-refractivity contribution in [1.82, 2.24) is 8.87 Å². The Morgan fingerprint density at radius 2 is 1.81 bits per heavy atom. The van der Waals surface area contributed by atoms with E-state index in [2.05, 4.69) is 10.3 Å². The molecule has 0 saturated carbocycles. The second kappa shape index (κ2) is 12.3. The summed E-state index contributed by atoms with van der Waals surface area (Å²) < 4.78 is 34.2. The summed E-state index contributed by atoms with van der Waals surface area (Å²) in [5.74, 6) is -1.30. The molecule has 0 saturated heterocycles. The van der Waals surface area contributed by atoms with Crippen molar-refractivity contribution in [2.75, 3.05) is 25.5 Å². The van der Waals surface area contributed by atoms with Crippen LogP contribution in [-0.4, -0.2) is 55.3 Å². The average molecular weight is 547 g/mol. The molecule has 198 valence electrons. The predicted octanol–water partition coefficient (Wildman–Crippen LogP) is 3.39. The van der Waals surface area contributed by atoms with Gasteiger partial charge in [-0.3, -0.25) is 14.4 Å². The number of carbonyl (C=O) groups is 3. The lowest BCUT2D eigenvalue weighted by Crippen LogP contribution is -2.27. The van der Waals surface area contributed by atoms with Crippen LogP contribution in [0.4, 0.5) is 5.69 Å². The molecule has 0 atom stereocenters. The summed E-state index contributed by atoms with van der Waals surface area (Å²) in [5, 5.41) is 2.71. The number of carbonyl (C=O) groups excluding carboxylic acids is 3. The van der Waals surface area contributed by atoms with Crippen LogP contribution in [0.25, 0.3) is 10.2 Å². The third-order valence-corrected chi connectivity index (χ3v) is 8.34. The Kier molecular flexibility index (Phi) is 9.35. The average Bonchev–Trinajstić information content (AvgIpc) is 3.17. The van der Waals surface area contributed by atoms with Crippen LogP contribution in [0.2, 0.25) is 0 Å². The standard InChI is InChI=1S/C25H30N4O6S2/c1-5-7-14-28(4)37(33,34)20-11-8-18(9-12-20)24(32)27-25-29(16-23(31)35-6-2)21-13-10-19(26-17(3)30)15-22(21)36-25/h8-13,15H,5-7,14,16H2,1-4H3,(H,26,30). The van der Waals surface area contributed by atoms with E-state index >= 15 is 0 Å². The van der Waals surface area contributed by atoms with Gasteiger partial charge in [-0.25, -0.2) is 12.7 Å². The van der Waals surface area contributed by atoms with Gasteiger partial charge in [-0.1, -0.05) is 24.7 Å². The van der Waals surface area contributed by atoms with Gasteiger partial charge in [-0.2, -0.15) is 4.99 Å². The van der Waals surface area contributed by atoms with E-state index in [1.54, 1.807) is 29.7 Å². The van der Waals surface area contributed by atoms with Crippen molar-refractivity contribution in [3.63, 3.8) is 0 Å². The van der Waals surface area contributed by atoms with Crippen LogP contribution in [0.15, 0.2) is 52.4 Å². The number of benzene rings is 2. The number of fused-ring (bicyclic) bond motifs is 1. The number of nitrogens with zero attached hydrogens (tertiary/aromatic N) is 3. The number of nitrogens with one attached hydrogen (secondary N) is 1. The monoisotopic (exact) mass is 546 g/mol. The number of hydrogen-bond acceptors (Lipinski definition) is 7. The first-order valence-corrected chi connectivity index (χ1v) is 14.0. The van der Waals surface area contributed by atoms with E-state index in [0.717, 1.165) is 12.8 Å². The number of aromatic nitrogens is 1. The van der Waals surface area contributed by atoms with E-state index in [0.29, 0.717) is 22.4 Å². The molecular formula is C25H30N4O6S2. The molecule has 1 heterocycles. The molecule has 1 N–H and O–H groups in total. The van der Waals surface area contributed by atoms with Crippen molar-refractivity contribution < 1.29 is 27.5 Å². The number of unbranched alkanes of at least 4 members (excludes halogenated alkanes) is 1. The maximum absolute atomic E-state index is 13.0. The van der Waals surface area contributed by atoms with Gasteiger partial charge in [-0.05, 0) is 55.8 Å². The van der Waals surface area contributed by atoms with Crippen LogP contribution in [0.3, 0.4) is 0 Å². The molecule has 0 unspecified atom stereocenters. The molecule has 2 amide bonds. The summed E-state index contributed by atoms with van der Waals surface area (Å²) >= 11 is 1.18. The molecule has 0 aliphatic rings. The van der Waals surface area contributed by atoms with E-state index < -0.39 is 21.9 Å². The van der Waals surface area contributed by atoms with Gasteiger partial charge in [0.05, 0.1) is 21.7 Å². The van der Waals surface area contributed by atoms with Gasteiger partial charge in [0.1, 0.15) is 6.54 Å². The summed E-state index contributed by atoms with van der Waals surface area (Å²) in [4.78, 5) is 41.3. The molecule has 0 aliphatic carbocycles. The SMILES string of the molecule is CCCCN(C)S(=O)(=O)c1ccc(C(=O)N=c2sc3cc(NC(C)=O)ccc3n2CC(=O)OCC)cc1. The fourth-order valence-corrected chi connectivity index (χ4v) is 5.81. The Bertz CT molecular complexity index is 1470. The highest BCUT2D eigenvalue weighted by Crippen LogP contribution is 2.23. The zero-order valence-electron chi connectivity index (χ0n) is 21.2. The van der Waals surface area contributed by atoms with Crippen molar-refractivity contribution >= 4 is 55.0 Å². The topological polar surface area (TPSA) is 127 Å². The minimum absolute atomic E-state index is 0.0902. The fraction of sp³-hybridized carbons (Fsp3) is 0.360. The third kappa shape index (κ3) is 6.90. The number of anilines is 1. The van der Waals surface area contributed by atoms with Crippen molar-refractivity contribution in [2.45, 2.75) is 45.1 Å². The van der Waals surface area contributed by atoms with E-state index in [1.807, 2.05) is 6.92 Å². The lowest BCUT2D eigenvalue weighted by molar-refractivity contribution is -0.143. The first-order valence-electron chi connectivity index (χ1n) is 11.8. The van der Waals surface area contributed by atoms with Gasteiger partial charge >= 0.3 is 5.97 Å². The molecule has 12 heteroatoms. The molecule has 0 radical (unpaired) electrons. The molecular weight excluding hydrogens is 516 g/mol. The van der Waals surface area contributed by atoms with E-state index in [4.69, 9.17) is 4.74 Å². The van der Waals surface area contributed by atoms with Crippen molar-refractivity contribution in [2.24, 2.45) is 4.99 Å². The minimum Gasteiger partial charge on any atom is -0.465 e. The molecule has 0 aliphatic heterocycles. The summed E-state index contributed by atoms with van der Waals surface area (Å²) in [6.45, 7) is 5.56. The highest BCUT2D eigenvalue weighted by atomic mass is 32.2. The predicted molar refractivity (Wildman–Crippen MR) is 142 cm³/mol. The third-order valence-electron chi connectivity index (χ3n) is 5.43. The van der Waals surface area contributed by atoms with Gasteiger partial charge in [0.25, 0.3) is 5.91 Å². The van der Waals surface area contributed by atoms with Gasteiger partial charge in [0.2, 0.25) is 15.9 Å². The maximum atomic E-state index is 13.0. The molecule has 1 aromatic heterocycles. The van der Waals surface area contributed by atoms with Crippen LogP contribution in [0, 0.1) is 0 Å². The Labute approximate surface area is 219 Å². The Balaban J connectivity index is 1.98. The number of sulfonamides is 1. The second-order valence-electron chi connectivity index (χ2n) is 8.26. The van der Waals surface area contributed by atoms with E-state index in [9.17, 15) is 22.8 Å². The van der Waals surface area contributed by atoms with Gasteiger partial charge < -0.3 is 14.6 Å². The molecule has 10 nitrogen and oxygen atoms in total. The summed E-state index contributed by atoms with van der Waals surface area (Å²) in [6.07, 6.45) is 1.62. The normalized spacial score (nSPS) is 12.2. The minimum atomic E-state index is -3.66. The lowest BCUT2D eigenvalue weighted by Gasteiger charge is -2.16.